The van der Waals surface area contributed by atoms with Gasteiger partial charge < -0.3 is 4.74 Å². The van der Waals surface area contributed by atoms with Crippen LogP contribution < -0.4 is 10.1 Å². The number of aromatic nitrogens is 2. The topological polar surface area (TPSA) is 64.1 Å². The smallest absolute Gasteiger partial charge is 0.266 e. The summed E-state index contributed by atoms with van der Waals surface area (Å²) in [5.74, 6) is 1.19. The zero-order valence-corrected chi connectivity index (χ0v) is 15.0. The number of carbonyl (C=O) groups is 1. The zero-order valence-electron chi connectivity index (χ0n) is 13.3. The van der Waals surface area contributed by atoms with Crippen molar-refractivity contribution in [2.75, 3.05) is 11.1 Å². The van der Waals surface area contributed by atoms with Gasteiger partial charge >= 0.3 is 0 Å². The van der Waals surface area contributed by atoms with Gasteiger partial charge in [-0.2, -0.15) is 0 Å². The maximum atomic E-state index is 12.2. The maximum absolute atomic E-state index is 12.2. The normalized spacial score (nSPS) is 11.8. The fourth-order valence-electron chi connectivity index (χ4n) is 1.91. The summed E-state index contributed by atoms with van der Waals surface area (Å²) < 4.78 is 6.50. The Hall–Kier alpha value is -1.86. The van der Waals surface area contributed by atoms with E-state index in [0.29, 0.717) is 10.9 Å². The predicted molar refractivity (Wildman–Crippen MR) is 95.5 cm³/mol. The summed E-state index contributed by atoms with van der Waals surface area (Å²) in [6.07, 6.45) is 1.17. The fraction of sp³-hybridized carbons (Fsp3) is 0.312. The second-order valence-corrected chi connectivity index (χ2v) is 7.29. The number of rotatable bonds is 7. The standard InChI is InChI=1S/C16H19N3O2S2/c1-5-6-22-16-19-18-15(23-16)17-14(20)12(4)21-13-8-10(2)7-11(3)9-13/h5,7-9,12H,1,6H2,2-4H3,(H,17,18,20)/t12-/m1/s1. The Kier molecular flexibility index (Phi) is 6.18. The number of nitrogens with one attached hydrogen (secondary N) is 1. The molecule has 0 aliphatic rings. The molecule has 0 spiro atoms. The van der Waals surface area contributed by atoms with Crippen molar-refractivity contribution in [1.82, 2.24) is 10.2 Å². The van der Waals surface area contributed by atoms with Crippen LogP contribution in [0.25, 0.3) is 0 Å². The van der Waals surface area contributed by atoms with Gasteiger partial charge in [0, 0.05) is 5.75 Å². The summed E-state index contributed by atoms with van der Waals surface area (Å²) in [6, 6.07) is 5.87. The highest BCUT2D eigenvalue weighted by Crippen LogP contribution is 2.25. The van der Waals surface area contributed by atoms with Crippen molar-refractivity contribution in [3.05, 3.63) is 42.0 Å². The first-order chi connectivity index (χ1) is 11.0. The van der Waals surface area contributed by atoms with Crippen LogP contribution in [0.15, 0.2) is 35.2 Å². The van der Waals surface area contributed by atoms with E-state index in [2.05, 4.69) is 28.2 Å². The van der Waals surface area contributed by atoms with Crippen LogP contribution in [0.2, 0.25) is 0 Å². The van der Waals surface area contributed by atoms with Crippen LogP contribution in [0, 0.1) is 13.8 Å². The lowest BCUT2D eigenvalue weighted by Crippen LogP contribution is -2.30. The number of ether oxygens (including phenoxy) is 1. The Morgan fingerprint density at radius 2 is 2.09 bits per heavy atom. The van der Waals surface area contributed by atoms with Crippen molar-refractivity contribution in [2.24, 2.45) is 0 Å². The lowest BCUT2D eigenvalue weighted by molar-refractivity contribution is -0.122. The molecule has 2 rings (SSSR count). The third-order valence-electron chi connectivity index (χ3n) is 2.84. The van der Waals surface area contributed by atoms with E-state index < -0.39 is 6.10 Å². The number of nitrogens with zero attached hydrogens (tertiary/aromatic N) is 2. The third kappa shape index (κ3) is 5.37. The molecule has 2 aromatic rings. The monoisotopic (exact) mass is 349 g/mol. The Morgan fingerprint density at radius 3 is 2.74 bits per heavy atom. The number of hydrogen-bond donors (Lipinski definition) is 1. The summed E-state index contributed by atoms with van der Waals surface area (Å²) >= 11 is 2.86. The van der Waals surface area contributed by atoms with E-state index in [0.717, 1.165) is 21.2 Å². The first-order valence-electron chi connectivity index (χ1n) is 7.11. The molecule has 1 aromatic carbocycles. The van der Waals surface area contributed by atoms with Crippen molar-refractivity contribution < 1.29 is 9.53 Å². The number of thioether (sulfide) groups is 1. The van der Waals surface area contributed by atoms with Crippen LogP contribution in [0.5, 0.6) is 5.75 Å². The summed E-state index contributed by atoms with van der Waals surface area (Å²) in [4.78, 5) is 12.2. The Bertz CT molecular complexity index is 680. The molecule has 1 atom stereocenters. The first-order valence-corrected chi connectivity index (χ1v) is 8.91. The predicted octanol–water partition coefficient (Wildman–Crippen LogP) is 3.84. The van der Waals surface area contributed by atoms with E-state index in [-0.39, 0.29) is 5.91 Å². The summed E-state index contributed by atoms with van der Waals surface area (Å²) in [7, 11) is 0. The van der Waals surface area contributed by atoms with E-state index >= 15 is 0 Å². The van der Waals surface area contributed by atoms with Gasteiger partial charge in [-0.15, -0.1) is 16.8 Å². The second-order valence-electron chi connectivity index (χ2n) is 5.05. The fourth-order valence-corrected chi connectivity index (χ4v) is 3.43. The van der Waals surface area contributed by atoms with Gasteiger partial charge in [0.2, 0.25) is 5.13 Å². The van der Waals surface area contributed by atoms with Gasteiger partial charge in [-0.3, -0.25) is 10.1 Å². The molecule has 0 bridgehead atoms. The van der Waals surface area contributed by atoms with Crippen LogP contribution >= 0.6 is 23.1 Å². The molecule has 23 heavy (non-hydrogen) atoms. The van der Waals surface area contributed by atoms with Crippen LogP contribution in [-0.4, -0.2) is 28.0 Å². The van der Waals surface area contributed by atoms with E-state index in [1.165, 1.54) is 23.1 Å². The van der Waals surface area contributed by atoms with Crippen LogP contribution in [-0.2, 0) is 4.79 Å². The summed E-state index contributed by atoms with van der Waals surface area (Å²) in [6.45, 7) is 9.35. The van der Waals surface area contributed by atoms with Crippen LogP contribution in [0.1, 0.15) is 18.1 Å². The quantitative estimate of drug-likeness (QED) is 0.467. The summed E-state index contributed by atoms with van der Waals surface area (Å²) in [5.41, 5.74) is 2.20. The minimum atomic E-state index is -0.621. The number of aryl methyl sites for hydroxylation is 2. The molecule has 5 nitrogen and oxygen atoms in total. The van der Waals surface area contributed by atoms with Gasteiger partial charge in [0.1, 0.15) is 5.75 Å². The molecular formula is C16H19N3O2S2. The largest absolute Gasteiger partial charge is 0.481 e. The second kappa shape index (κ2) is 8.12. The number of anilines is 1. The van der Waals surface area contributed by atoms with Crippen LogP contribution in [0.3, 0.4) is 0 Å². The molecule has 0 unspecified atom stereocenters. The molecule has 0 aliphatic carbocycles. The average molecular weight is 349 g/mol. The molecular weight excluding hydrogens is 330 g/mol. The molecule has 0 fully saturated rings. The van der Waals surface area contributed by atoms with Gasteiger partial charge in [0.25, 0.3) is 5.91 Å². The highest BCUT2D eigenvalue weighted by Gasteiger charge is 2.17. The molecule has 1 aromatic heterocycles. The van der Waals surface area contributed by atoms with E-state index in [9.17, 15) is 4.79 Å². The molecule has 7 heteroatoms. The van der Waals surface area contributed by atoms with Gasteiger partial charge in [0.15, 0.2) is 10.4 Å². The lowest BCUT2D eigenvalue weighted by Gasteiger charge is -2.14. The third-order valence-corrected chi connectivity index (χ3v) is 4.81. The molecule has 0 radical (unpaired) electrons. The minimum Gasteiger partial charge on any atom is -0.481 e. The number of benzene rings is 1. The van der Waals surface area contributed by atoms with Crippen molar-refractivity contribution in [3.8, 4) is 5.75 Å². The Labute approximate surface area is 144 Å². The molecule has 1 N–H and O–H groups in total. The highest BCUT2D eigenvalue weighted by molar-refractivity contribution is 8.01. The van der Waals surface area contributed by atoms with Gasteiger partial charge in [-0.25, -0.2) is 0 Å². The molecule has 0 saturated heterocycles. The van der Waals surface area contributed by atoms with Gasteiger partial charge in [0.05, 0.1) is 0 Å². The minimum absolute atomic E-state index is 0.249. The van der Waals surface area contributed by atoms with E-state index in [4.69, 9.17) is 4.74 Å². The SMILES string of the molecule is C=CCSc1nnc(NC(=O)[C@@H](C)Oc2cc(C)cc(C)c2)s1. The Balaban J connectivity index is 1.94. The van der Waals surface area contributed by atoms with Crippen molar-refractivity contribution in [1.29, 1.82) is 0 Å². The van der Waals surface area contributed by atoms with Crippen molar-refractivity contribution in [2.45, 2.75) is 31.2 Å². The summed E-state index contributed by atoms with van der Waals surface area (Å²) in [5, 5.41) is 11.2. The maximum Gasteiger partial charge on any atom is 0.266 e. The number of hydrogen-bond acceptors (Lipinski definition) is 6. The first kappa shape index (κ1) is 17.5. The molecule has 1 amide bonds. The average Bonchev–Trinajstić information content (AvgIpc) is 2.91. The van der Waals surface area contributed by atoms with Crippen molar-refractivity contribution >= 4 is 34.1 Å². The molecule has 122 valence electrons. The number of amides is 1. The molecule has 0 saturated carbocycles. The van der Waals surface area contributed by atoms with Crippen molar-refractivity contribution in [3.63, 3.8) is 0 Å². The Morgan fingerprint density at radius 1 is 1.39 bits per heavy atom. The van der Waals surface area contributed by atoms with Gasteiger partial charge in [-0.05, 0) is 44.0 Å². The zero-order chi connectivity index (χ0) is 16.8. The molecule has 0 aliphatic heterocycles. The van der Waals surface area contributed by atoms with E-state index in [1.54, 1.807) is 13.0 Å². The molecule has 1 heterocycles. The number of carbonyl (C=O) groups excluding carboxylic acids is 1. The lowest BCUT2D eigenvalue weighted by atomic mass is 10.1. The van der Waals surface area contributed by atoms with Crippen LogP contribution in [0.4, 0.5) is 5.13 Å². The van der Waals surface area contributed by atoms with E-state index in [1.807, 2.05) is 26.0 Å². The highest BCUT2D eigenvalue weighted by atomic mass is 32.2. The van der Waals surface area contributed by atoms with Gasteiger partial charge in [-0.1, -0.05) is 35.2 Å².